The van der Waals surface area contributed by atoms with Crippen molar-refractivity contribution in [1.29, 1.82) is 0 Å². The van der Waals surface area contributed by atoms with Crippen molar-refractivity contribution in [2.75, 3.05) is 27.2 Å². The van der Waals surface area contributed by atoms with E-state index in [1.165, 1.54) is 0 Å². The molecule has 0 unspecified atom stereocenters. The second-order valence-electron chi connectivity index (χ2n) is 1.35. The molecule has 0 atom stereocenters. The maximum Gasteiger partial charge on any atom is 0.183 e. The molecule has 0 bridgehead atoms. The molecule has 0 amide bonds. The number of ether oxygens (including phenoxy) is 2. The Balaban J connectivity index is 2.00. The molecule has 1 saturated heterocycles. The molecule has 1 aliphatic heterocycles. The van der Waals surface area contributed by atoms with Gasteiger partial charge in [0, 0.05) is 0 Å². The van der Waals surface area contributed by atoms with Crippen LogP contribution in [0.4, 0.5) is 0 Å². The minimum Gasteiger partial charge on any atom is -0.323 e. The van der Waals surface area contributed by atoms with Crippen molar-refractivity contribution in [3.05, 3.63) is 0 Å². The molecule has 1 heterocycles. The minimum absolute atomic E-state index is 0.00722. The van der Waals surface area contributed by atoms with Crippen LogP contribution in [-0.2, 0) is 29.0 Å². The Morgan fingerprint density at radius 2 is 0.800 bits per heavy atom. The Morgan fingerprint density at radius 1 is 0.500 bits per heavy atom. The van der Waals surface area contributed by atoms with Crippen molar-refractivity contribution in [2.24, 2.45) is 0 Å². The van der Waals surface area contributed by atoms with Crippen LogP contribution in [0.3, 0.4) is 0 Å². The molecule has 0 spiro atoms. The van der Waals surface area contributed by atoms with Crippen LogP contribution in [0, 0.1) is 0 Å². The average Bonchev–Trinajstić information content (AvgIpc) is 2.01. The van der Waals surface area contributed by atoms with Gasteiger partial charge in [0.25, 0.3) is 0 Å². The standard InChI is InChI=1S/C4H8O6/c1-5-2-9-10-4-6-3-8-7-1/h1-4H2. The number of rotatable bonds is 0. The highest BCUT2D eigenvalue weighted by Gasteiger charge is 1.95. The first-order valence-electron chi connectivity index (χ1n) is 2.64. The summed E-state index contributed by atoms with van der Waals surface area (Å²) < 4.78 is 9.32. The summed E-state index contributed by atoms with van der Waals surface area (Å²) in [6.07, 6.45) is 0. The zero-order valence-corrected chi connectivity index (χ0v) is 5.28. The van der Waals surface area contributed by atoms with Crippen LogP contribution < -0.4 is 0 Å². The first-order valence-corrected chi connectivity index (χ1v) is 2.64. The fourth-order valence-corrected chi connectivity index (χ4v) is 0.340. The maximum atomic E-state index is 4.66. The number of hydrogen-bond acceptors (Lipinski definition) is 6. The van der Waals surface area contributed by atoms with Crippen LogP contribution >= 0.6 is 0 Å². The Bertz CT molecular complexity index is 42.9. The van der Waals surface area contributed by atoms with Gasteiger partial charge in [-0.15, -0.1) is 0 Å². The van der Waals surface area contributed by atoms with Gasteiger partial charge in [-0.2, -0.15) is 0 Å². The molecule has 0 aromatic rings. The smallest absolute Gasteiger partial charge is 0.183 e. The zero-order chi connectivity index (χ0) is 7.07. The third kappa shape index (κ3) is 3.72. The molecule has 0 aliphatic carbocycles. The van der Waals surface area contributed by atoms with Gasteiger partial charge < -0.3 is 9.47 Å². The molecule has 1 aliphatic rings. The van der Waals surface area contributed by atoms with Crippen LogP contribution in [-0.4, -0.2) is 27.2 Å². The quantitative estimate of drug-likeness (QED) is 0.446. The number of hydrogen-bond donors (Lipinski definition) is 0. The summed E-state index contributed by atoms with van der Waals surface area (Å²) in [6.45, 7) is -0.0289. The summed E-state index contributed by atoms with van der Waals surface area (Å²) in [5.41, 5.74) is 0. The molecule has 1 rings (SSSR count). The lowest BCUT2D eigenvalue weighted by atomic mass is 11.3. The van der Waals surface area contributed by atoms with Gasteiger partial charge in [-0.05, 0) is 0 Å². The molecule has 0 saturated carbocycles. The van der Waals surface area contributed by atoms with Gasteiger partial charge in [0.05, 0.1) is 0 Å². The average molecular weight is 152 g/mol. The third-order valence-electron chi connectivity index (χ3n) is 0.692. The second kappa shape index (κ2) is 5.54. The van der Waals surface area contributed by atoms with Crippen molar-refractivity contribution >= 4 is 0 Å². The van der Waals surface area contributed by atoms with E-state index in [0.29, 0.717) is 0 Å². The minimum atomic E-state index is -0.00722. The lowest BCUT2D eigenvalue weighted by Crippen LogP contribution is -2.12. The molecule has 0 aromatic heterocycles. The molecule has 1 fully saturated rings. The van der Waals surface area contributed by atoms with Crippen LogP contribution in [0.5, 0.6) is 0 Å². The normalized spacial score (nSPS) is 24.0. The Kier molecular flexibility index (Phi) is 4.35. The second-order valence-corrected chi connectivity index (χ2v) is 1.35. The van der Waals surface area contributed by atoms with Gasteiger partial charge in [0.15, 0.2) is 27.2 Å². The molecule has 0 N–H and O–H groups in total. The molecular formula is C4H8O6. The first kappa shape index (κ1) is 7.86. The van der Waals surface area contributed by atoms with E-state index in [-0.39, 0.29) is 27.2 Å². The topological polar surface area (TPSA) is 55.4 Å². The Hall–Kier alpha value is -0.240. The maximum absolute atomic E-state index is 4.66. The summed E-state index contributed by atoms with van der Waals surface area (Å²) in [5.74, 6) is 0. The molecule has 0 aromatic carbocycles. The summed E-state index contributed by atoms with van der Waals surface area (Å²) >= 11 is 0. The summed E-state index contributed by atoms with van der Waals surface area (Å²) in [6, 6.07) is 0. The molecule has 60 valence electrons. The van der Waals surface area contributed by atoms with Gasteiger partial charge in [-0.3, -0.25) is 0 Å². The summed E-state index contributed by atoms with van der Waals surface area (Å²) in [5, 5.41) is 0. The highest BCUT2D eigenvalue weighted by molar-refractivity contribution is 3.98. The molecule has 6 nitrogen and oxygen atoms in total. The van der Waals surface area contributed by atoms with Crippen LogP contribution in [0.2, 0.25) is 0 Å². The van der Waals surface area contributed by atoms with Gasteiger partial charge >= 0.3 is 0 Å². The lowest BCUT2D eigenvalue weighted by Gasteiger charge is -2.09. The predicted molar refractivity (Wildman–Crippen MR) is 26.0 cm³/mol. The van der Waals surface area contributed by atoms with Crippen molar-refractivity contribution in [2.45, 2.75) is 0 Å². The molecule has 10 heavy (non-hydrogen) atoms. The van der Waals surface area contributed by atoms with Crippen LogP contribution in [0.15, 0.2) is 0 Å². The van der Waals surface area contributed by atoms with E-state index < -0.39 is 0 Å². The van der Waals surface area contributed by atoms with Gasteiger partial charge in [-0.25, -0.2) is 19.6 Å². The van der Waals surface area contributed by atoms with E-state index in [1.54, 1.807) is 0 Å². The SMILES string of the molecule is C1OCOOCOCOO1. The van der Waals surface area contributed by atoms with Gasteiger partial charge in [0.1, 0.15) is 0 Å². The first-order chi connectivity index (χ1) is 5.00. The van der Waals surface area contributed by atoms with Crippen molar-refractivity contribution < 1.29 is 29.0 Å². The van der Waals surface area contributed by atoms with Crippen molar-refractivity contribution in [1.82, 2.24) is 0 Å². The van der Waals surface area contributed by atoms with Gasteiger partial charge in [-0.1, -0.05) is 0 Å². The summed E-state index contributed by atoms with van der Waals surface area (Å²) in [4.78, 5) is 17.7. The highest BCUT2D eigenvalue weighted by atomic mass is 17.3. The van der Waals surface area contributed by atoms with Crippen LogP contribution in [0.25, 0.3) is 0 Å². The Morgan fingerprint density at radius 3 is 1.10 bits per heavy atom. The van der Waals surface area contributed by atoms with E-state index in [9.17, 15) is 0 Å². The summed E-state index contributed by atoms with van der Waals surface area (Å²) in [7, 11) is 0. The van der Waals surface area contributed by atoms with E-state index in [0.717, 1.165) is 0 Å². The lowest BCUT2D eigenvalue weighted by molar-refractivity contribution is -0.443. The molecular weight excluding hydrogens is 144 g/mol. The zero-order valence-electron chi connectivity index (χ0n) is 5.28. The fourth-order valence-electron chi connectivity index (χ4n) is 0.340. The van der Waals surface area contributed by atoms with E-state index >= 15 is 0 Å². The monoisotopic (exact) mass is 152 g/mol. The Labute approximate surface area is 57.4 Å². The predicted octanol–water partition coefficient (Wildman–Crippen LogP) is -0.240. The third-order valence-corrected chi connectivity index (χ3v) is 0.692. The largest absolute Gasteiger partial charge is 0.323 e. The van der Waals surface area contributed by atoms with E-state index in [1.807, 2.05) is 0 Å². The van der Waals surface area contributed by atoms with Crippen molar-refractivity contribution in [3.63, 3.8) is 0 Å². The fraction of sp³-hybridized carbons (Fsp3) is 1.00. The van der Waals surface area contributed by atoms with E-state index in [4.69, 9.17) is 0 Å². The molecule has 0 radical (unpaired) electrons. The highest BCUT2D eigenvalue weighted by Crippen LogP contribution is 1.89. The van der Waals surface area contributed by atoms with Crippen molar-refractivity contribution in [3.8, 4) is 0 Å². The van der Waals surface area contributed by atoms with Gasteiger partial charge in [0.2, 0.25) is 0 Å². The van der Waals surface area contributed by atoms with E-state index in [2.05, 4.69) is 29.0 Å². The van der Waals surface area contributed by atoms with Crippen LogP contribution in [0.1, 0.15) is 0 Å². The molecule has 6 heteroatoms.